The van der Waals surface area contributed by atoms with E-state index in [0.717, 1.165) is 5.56 Å². The van der Waals surface area contributed by atoms with Crippen molar-refractivity contribution < 1.29 is 23.9 Å². The Morgan fingerprint density at radius 2 is 2.04 bits per heavy atom. The Labute approximate surface area is 157 Å². The first-order valence-corrected chi connectivity index (χ1v) is 9.34. The molecule has 0 aliphatic rings. The van der Waals surface area contributed by atoms with Gasteiger partial charge in [0, 0.05) is 44.3 Å². The Hall–Kier alpha value is -2.13. The van der Waals surface area contributed by atoms with Crippen molar-refractivity contribution in [3.8, 4) is 0 Å². The van der Waals surface area contributed by atoms with Crippen molar-refractivity contribution in [2.24, 2.45) is 5.73 Å². The van der Waals surface area contributed by atoms with E-state index in [1.807, 2.05) is 12.1 Å². The third-order valence-corrected chi connectivity index (χ3v) is 4.38. The van der Waals surface area contributed by atoms with Gasteiger partial charge in [0.15, 0.2) is 0 Å². The van der Waals surface area contributed by atoms with Crippen LogP contribution >= 0.6 is 11.8 Å². The highest BCUT2D eigenvalue weighted by atomic mass is 32.2. The van der Waals surface area contributed by atoms with Crippen molar-refractivity contribution >= 4 is 29.6 Å². The van der Waals surface area contributed by atoms with E-state index < -0.39 is 24.1 Å². The van der Waals surface area contributed by atoms with Gasteiger partial charge in [0.1, 0.15) is 12.7 Å². The summed E-state index contributed by atoms with van der Waals surface area (Å²) in [7, 11) is 0. The number of carbonyl (C=O) groups excluding carboxylic acids is 3. The number of thioether (sulfide) groups is 1. The predicted octanol–water partition coefficient (Wildman–Crippen LogP) is 0.296. The van der Waals surface area contributed by atoms with Crippen LogP contribution in [0.15, 0.2) is 24.5 Å². The highest BCUT2D eigenvalue weighted by Gasteiger charge is 2.17. The fourth-order valence-electron chi connectivity index (χ4n) is 1.97. The molecule has 1 aromatic heterocycles. The Kier molecular flexibility index (Phi) is 10.3. The number of hydrogen-bond acceptors (Lipinski definition) is 8. The first-order valence-electron chi connectivity index (χ1n) is 8.19. The molecule has 2 unspecified atom stereocenters. The van der Waals surface area contributed by atoms with Crippen molar-refractivity contribution in [2.45, 2.75) is 32.4 Å². The molecular formula is C17H25N3O5S. The van der Waals surface area contributed by atoms with Crippen LogP contribution in [0.25, 0.3) is 0 Å². The number of rotatable bonds is 11. The minimum atomic E-state index is -0.680. The quantitative estimate of drug-likeness (QED) is 0.523. The van der Waals surface area contributed by atoms with E-state index in [-0.39, 0.29) is 12.5 Å². The van der Waals surface area contributed by atoms with Gasteiger partial charge in [-0.3, -0.25) is 19.4 Å². The summed E-state index contributed by atoms with van der Waals surface area (Å²) in [6, 6.07) is 3.10. The monoisotopic (exact) mass is 383 g/mol. The van der Waals surface area contributed by atoms with E-state index in [9.17, 15) is 14.4 Å². The van der Waals surface area contributed by atoms with Gasteiger partial charge in [0.05, 0.1) is 6.04 Å². The van der Waals surface area contributed by atoms with Crippen LogP contribution in [-0.4, -0.2) is 59.6 Å². The first-order chi connectivity index (χ1) is 12.4. The fourth-order valence-corrected chi connectivity index (χ4v) is 2.94. The van der Waals surface area contributed by atoms with Crippen LogP contribution in [-0.2, 0) is 30.3 Å². The van der Waals surface area contributed by atoms with Gasteiger partial charge >= 0.3 is 11.9 Å². The average molecular weight is 383 g/mol. The Morgan fingerprint density at radius 1 is 1.27 bits per heavy atom. The molecule has 0 saturated heterocycles. The number of ether oxygens (including phenoxy) is 2. The van der Waals surface area contributed by atoms with E-state index in [2.05, 4.69) is 10.3 Å². The number of hydrogen-bond donors (Lipinski definition) is 2. The van der Waals surface area contributed by atoms with Crippen LogP contribution in [0, 0.1) is 0 Å². The van der Waals surface area contributed by atoms with Gasteiger partial charge in [-0.15, -0.1) is 0 Å². The summed E-state index contributed by atoms with van der Waals surface area (Å²) >= 11 is 1.36. The molecule has 0 aliphatic carbocycles. The highest BCUT2D eigenvalue weighted by molar-refractivity contribution is 7.99. The third-order valence-electron chi connectivity index (χ3n) is 3.18. The van der Waals surface area contributed by atoms with Gasteiger partial charge in [0.2, 0.25) is 5.91 Å². The number of pyridine rings is 1. The highest BCUT2D eigenvalue weighted by Crippen LogP contribution is 2.09. The maximum absolute atomic E-state index is 12.0. The second-order valence-electron chi connectivity index (χ2n) is 5.58. The molecule has 144 valence electrons. The zero-order valence-corrected chi connectivity index (χ0v) is 15.8. The summed E-state index contributed by atoms with van der Waals surface area (Å²) in [5.41, 5.74) is 6.90. The van der Waals surface area contributed by atoms with E-state index in [4.69, 9.17) is 15.2 Å². The van der Waals surface area contributed by atoms with Crippen molar-refractivity contribution in [2.75, 3.05) is 24.7 Å². The Balaban J connectivity index is 2.27. The summed E-state index contributed by atoms with van der Waals surface area (Å²) < 4.78 is 9.93. The molecule has 0 bridgehead atoms. The van der Waals surface area contributed by atoms with Crippen molar-refractivity contribution in [3.05, 3.63) is 30.1 Å². The number of nitrogens with one attached hydrogen (secondary N) is 1. The van der Waals surface area contributed by atoms with E-state index in [1.165, 1.54) is 25.6 Å². The smallest absolute Gasteiger partial charge is 0.303 e. The summed E-state index contributed by atoms with van der Waals surface area (Å²) in [6.07, 6.45) is 3.55. The zero-order valence-electron chi connectivity index (χ0n) is 15.0. The zero-order chi connectivity index (χ0) is 19.4. The molecule has 1 rings (SSSR count). The molecule has 1 amide bonds. The van der Waals surface area contributed by atoms with Gasteiger partial charge in [-0.25, -0.2) is 0 Å². The van der Waals surface area contributed by atoms with Gasteiger partial charge in [0.25, 0.3) is 0 Å². The lowest BCUT2D eigenvalue weighted by Gasteiger charge is -2.17. The number of esters is 2. The maximum Gasteiger partial charge on any atom is 0.303 e. The molecule has 0 aromatic carbocycles. The lowest BCUT2D eigenvalue weighted by Crippen LogP contribution is -2.43. The van der Waals surface area contributed by atoms with E-state index in [0.29, 0.717) is 24.5 Å². The van der Waals surface area contributed by atoms with E-state index in [1.54, 1.807) is 12.4 Å². The molecule has 0 aliphatic heterocycles. The summed E-state index contributed by atoms with van der Waals surface area (Å²) in [6.45, 7) is 3.02. The maximum atomic E-state index is 12.0. The molecule has 3 N–H and O–H groups in total. The first kappa shape index (κ1) is 21.9. The van der Waals surface area contributed by atoms with Crippen LogP contribution < -0.4 is 11.1 Å². The van der Waals surface area contributed by atoms with Crippen LogP contribution in [0.1, 0.15) is 19.4 Å². The fraction of sp³-hybridized carbons (Fsp3) is 0.529. The molecule has 1 aromatic rings. The molecule has 0 radical (unpaired) electrons. The summed E-state index contributed by atoms with van der Waals surface area (Å²) in [4.78, 5) is 37.9. The van der Waals surface area contributed by atoms with Gasteiger partial charge in [-0.05, 0) is 18.1 Å². The Bertz CT molecular complexity index is 585. The summed E-state index contributed by atoms with van der Waals surface area (Å²) in [5.74, 6) is -0.414. The number of nitrogens with zero attached hydrogens (tertiary/aromatic N) is 1. The second-order valence-corrected chi connectivity index (χ2v) is 6.66. The largest absolute Gasteiger partial charge is 0.462 e. The molecule has 0 spiro atoms. The van der Waals surface area contributed by atoms with Crippen molar-refractivity contribution in [3.63, 3.8) is 0 Å². The average Bonchev–Trinajstić information content (AvgIpc) is 2.59. The second kappa shape index (κ2) is 12.3. The van der Waals surface area contributed by atoms with Crippen molar-refractivity contribution in [1.82, 2.24) is 10.3 Å². The lowest BCUT2D eigenvalue weighted by atomic mass is 10.2. The number of carbonyl (C=O) groups is 3. The molecule has 26 heavy (non-hydrogen) atoms. The van der Waals surface area contributed by atoms with Crippen LogP contribution in [0.3, 0.4) is 0 Å². The van der Waals surface area contributed by atoms with E-state index >= 15 is 0 Å². The van der Waals surface area contributed by atoms with Gasteiger partial charge in [-0.1, -0.05) is 6.07 Å². The molecule has 8 nitrogen and oxygen atoms in total. The van der Waals surface area contributed by atoms with Crippen LogP contribution in [0.4, 0.5) is 0 Å². The number of nitrogens with two attached hydrogens (primary N) is 1. The van der Waals surface area contributed by atoms with Crippen molar-refractivity contribution in [1.29, 1.82) is 0 Å². The molecule has 1 heterocycles. The Morgan fingerprint density at radius 3 is 2.65 bits per heavy atom. The third kappa shape index (κ3) is 10.00. The van der Waals surface area contributed by atoms with Crippen LogP contribution in [0.5, 0.6) is 0 Å². The summed E-state index contributed by atoms with van der Waals surface area (Å²) in [5, 5.41) is 2.78. The van der Waals surface area contributed by atoms with Gasteiger partial charge in [-0.2, -0.15) is 11.8 Å². The van der Waals surface area contributed by atoms with Crippen LogP contribution in [0.2, 0.25) is 0 Å². The molecule has 2 atom stereocenters. The standard InChI is InChI=1S/C17H25N3O5S/c1-12(21)24-9-15(25-13(2)22)10-26-11-16(18)17(23)20-7-5-14-4-3-6-19-8-14/h3-4,6,8,15-16H,5,7,9-11,18H2,1-2H3,(H,20,23). The lowest BCUT2D eigenvalue weighted by molar-refractivity contribution is -0.154. The minimum absolute atomic E-state index is 0.0194. The molecule has 0 saturated carbocycles. The molecular weight excluding hydrogens is 358 g/mol. The topological polar surface area (TPSA) is 121 Å². The normalized spacial score (nSPS) is 12.7. The minimum Gasteiger partial charge on any atom is -0.462 e. The SMILES string of the molecule is CC(=O)OCC(CSCC(N)C(=O)NCCc1cccnc1)OC(C)=O. The number of amides is 1. The molecule has 0 fully saturated rings. The predicted molar refractivity (Wildman–Crippen MR) is 98.4 cm³/mol. The molecule has 9 heteroatoms. The van der Waals surface area contributed by atoms with Gasteiger partial charge < -0.3 is 20.5 Å². The number of aromatic nitrogens is 1.